The van der Waals surface area contributed by atoms with Gasteiger partial charge in [0.05, 0.1) is 42.1 Å². The van der Waals surface area contributed by atoms with Gasteiger partial charge in [0.1, 0.15) is 11.4 Å². The lowest BCUT2D eigenvalue weighted by molar-refractivity contribution is -0.143. The summed E-state index contributed by atoms with van der Waals surface area (Å²) < 4.78 is 7.84. The quantitative estimate of drug-likeness (QED) is 0.397. The van der Waals surface area contributed by atoms with Gasteiger partial charge in [-0.3, -0.25) is 9.48 Å². The number of aliphatic carboxylic acids is 1. The van der Waals surface area contributed by atoms with Crippen LogP contribution in [-0.4, -0.2) is 57.4 Å². The van der Waals surface area contributed by atoms with Crippen molar-refractivity contribution in [3.63, 3.8) is 0 Å². The lowest BCUT2D eigenvalue weighted by Crippen LogP contribution is -2.29. The number of carboxylic acid groups (broad SMARTS) is 1. The van der Waals surface area contributed by atoms with Crippen molar-refractivity contribution in [3.05, 3.63) is 65.2 Å². The summed E-state index contributed by atoms with van der Waals surface area (Å²) in [6, 6.07) is 13.7. The van der Waals surface area contributed by atoms with Crippen molar-refractivity contribution in [2.45, 2.75) is 51.7 Å². The zero-order valence-electron chi connectivity index (χ0n) is 20.3. The van der Waals surface area contributed by atoms with Gasteiger partial charge in [-0.25, -0.2) is 4.98 Å². The summed E-state index contributed by atoms with van der Waals surface area (Å²) >= 11 is 0. The molecule has 0 radical (unpaired) electrons. The molecule has 2 atom stereocenters. The Kier molecular flexibility index (Phi) is 6.70. The summed E-state index contributed by atoms with van der Waals surface area (Å²) in [6.45, 7) is 2.42. The van der Waals surface area contributed by atoms with Gasteiger partial charge in [-0.1, -0.05) is 35.5 Å². The van der Waals surface area contributed by atoms with E-state index in [4.69, 9.17) is 9.72 Å². The molecule has 0 amide bonds. The molecule has 11 heteroatoms. The molecule has 1 N–H and O–H groups in total. The third-order valence-corrected chi connectivity index (χ3v) is 6.48. The largest absolute Gasteiger partial charge is 0.489 e. The van der Waals surface area contributed by atoms with E-state index in [-0.39, 0.29) is 12.0 Å². The zero-order valence-corrected chi connectivity index (χ0v) is 20.3. The SMILES string of the molecule is Cc1nc(-c2nnn(C)c2Cc2nnn(Cc3ccccc3)n2)ccc1O[C@H]1CCC[C@H](C(=O)O)C1. The van der Waals surface area contributed by atoms with Crippen LogP contribution in [0.3, 0.4) is 0 Å². The highest BCUT2D eigenvalue weighted by Gasteiger charge is 2.28. The molecular formula is C25H28N8O3. The van der Waals surface area contributed by atoms with Crippen LogP contribution in [0.2, 0.25) is 0 Å². The van der Waals surface area contributed by atoms with E-state index in [1.165, 1.54) is 0 Å². The third-order valence-electron chi connectivity index (χ3n) is 6.48. The van der Waals surface area contributed by atoms with E-state index in [0.29, 0.717) is 54.5 Å². The molecule has 1 aromatic carbocycles. The number of tetrazole rings is 1. The van der Waals surface area contributed by atoms with Gasteiger partial charge in [-0.15, -0.1) is 15.3 Å². The minimum atomic E-state index is -0.752. The zero-order chi connectivity index (χ0) is 25.1. The maximum Gasteiger partial charge on any atom is 0.306 e. The normalized spacial score (nSPS) is 17.7. The Labute approximate surface area is 208 Å². The second-order valence-electron chi connectivity index (χ2n) is 9.13. The molecule has 36 heavy (non-hydrogen) atoms. The van der Waals surface area contributed by atoms with Crippen LogP contribution < -0.4 is 4.74 Å². The fourth-order valence-corrected chi connectivity index (χ4v) is 4.55. The number of hydrogen-bond acceptors (Lipinski definition) is 8. The van der Waals surface area contributed by atoms with Gasteiger partial charge in [0.2, 0.25) is 0 Å². The number of pyridine rings is 1. The van der Waals surface area contributed by atoms with Gasteiger partial charge in [0.15, 0.2) is 5.82 Å². The molecule has 4 aromatic rings. The predicted molar refractivity (Wildman–Crippen MR) is 129 cm³/mol. The van der Waals surface area contributed by atoms with Crippen LogP contribution in [0.5, 0.6) is 5.75 Å². The van der Waals surface area contributed by atoms with Crippen LogP contribution in [-0.2, 0) is 24.8 Å². The molecule has 1 saturated carbocycles. The standard InChI is InChI=1S/C25H28N8O3/c1-16-22(36-19-10-6-9-18(13-19)25(34)35)12-11-20(26-16)24-21(32(2)30-28-24)14-23-27-31-33(29-23)15-17-7-4-3-5-8-17/h3-5,7-8,11-12,18-19H,6,9-10,13-15H2,1-2H3,(H,34,35)/t18-,19-/m0/s1. The maximum absolute atomic E-state index is 11.4. The second-order valence-corrected chi connectivity index (χ2v) is 9.13. The van der Waals surface area contributed by atoms with Crippen LogP contribution in [0.15, 0.2) is 42.5 Å². The first kappa shape index (κ1) is 23.6. The smallest absolute Gasteiger partial charge is 0.306 e. The molecule has 3 aromatic heterocycles. The Morgan fingerprint density at radius 3 is 2.72 bits per heavy atom. The van der Waals surface area contributed by atoms with E-state index in [1.54, 1.807) is 9.48 Å². The van der Waals surface area contributed by atoms with Crippen molar-refractivity contribution in [2.24, 2.45) is 13.0 Å². The second kappa shape index (κ2) is 10.2. The molecule has 5 rings (SSSR count). The lowest BCUT2D eigenvalue weighted by Gasteiger charge is -2.27. The summed E-state index contributed by atoms with van der Waals surface area (Å²) in [5.74, 6) is 0.126. The van der Waals surface area contributed by atoms with E-state index >= 15 is 0 Å². The van der Waals surface area contributed by atoms with Gasteiger partial charge in [-0.05, 0) is 55.5 Å². The Morgan fingerprint density at radius 1 is 1.11 bits per heavy atom. The minimum Gasteiger partial charge on any atom is -0.489 e. The van der Waals surface area contributed by atoms with Crippen LogP contribution in [0.4, 0.5) is 0 Å². The fourth-order valence-electron chi connectivity index (χ4n) is 4.55. The number of nitrogens with zero attached hydrogens (tertiary/aromatic N) is 8. The van der Waals surface area contributed by atoms with Crippen molar-refractivity contribution < 1.29 is 14.6 Å². The van der Waals surface area contributed by atoms with Crippen LogP contribution >= 0.6 is 0 Å². The van der Waals surface area contributed by atoms with Crippen LogP contribution in [0.1, 0.15) is 48.5 Å². The molecule has 1 aliphatic carbocycles. The summed E-state index contributed by atoms with van der Waals surface area (Å²) in [5.41, 5.74) is 3.96. The molecule has 0 saturated heterocycles. The highest BCUT2D eigenvalue weighted by molar-refractivity contribution is 5.70. The van der Waals surface area contributed by atoms with E-state index < -0.39 is 5.97 Å². The molecule has 11 nitrogen and oxygen atoms in total. The molecule has 0 bridgehead atoms. The lowest BCUT2D eigenvalue weighted by atomic mass is 9.87. The fraction of sp³-hybridized carbons (Fsp3) is 0.400. The van der Waals surface area contributed by atoms with Gasteiger partial charge < -0.3 is 9.84 Å². The van der Waals surface area contributed by atoms with Crippen molar-refractivity contribution in [2.75, 3.05) is 0 Å². The highest BCUT2D eigenvalue weighted by atomic mass is 16.5. The molecule has 0 spiro atoms. The Balaban J connectivity index is 1.30. The molecule has 1 fully saturated rings. The topological polar surface area (TPSA) is 134 Å². The summed E-state index contributed by atoms with van der Waals surface area (Å²) in [5, 5.41) is 30.8. The molecular weight excluding hydrogens is 460 g/mol. The minimum absolute atomic E-state index is 0.122. The number of aryl methyl sites for hydroxylation is 2. The Morgan fingerprint density at radius 2 is 1.94 bits per heavy atom. The summed E-state index contributed by atoms with van der Waals surface area (Å²) in [6.07, 6.45) is 3.20. The van der Waals surface area contributed by atoms with E-state index in [0.717, 1.165) is 24.1 Å². The number of aromatic nitrogens is 8. The van der Waals surface area contributed by atoms with E-state index in [2.05, 4.69) is 25.7 Å². The number of carboxylic acids is 1. The number of benzene rings is 1. The number of ether oxygens (including phenoxy) is 1. The predicted octanol–water partition coefficient (Wildman–Crippen LogP) is 2.83. The first-order valence-electron chi connectivity index (χ1n) is 12.0. The van der Waals surface area contributed by atoms with Gasteiger partial charge in [0.25, 0.3) is 0 Å². The van der Waals surface area contributed by atoms with Gasteiger partial charge in [-0.2, -0.15) is 4.80 Å². The average molecular weight is 489 g/mol. The summed E-state index contributed by atoms with van der Waals surface area (Å²) in [7, 11) is 1.83. The number of rotatable bonds is 8. The van der Waals surface area contributed by atoms with Crippen LogP contribution in [0, 0.1) is 12.8 Å². The van der Waals surface area contributed by atoms with Crippen molar-refractivity contribution >= 4 is 5.97 Å². The third kappa shape index (κ3) is 5.24. The van der Waals surface area contributed by atoms with E-state index in [1.807, 2.05) is 56.4 Å². The average Bonchev–Trinajstić information content (AvgIpc) is 3.47. The van der Waals surface area contributed by atoms with Crippen LogP contribution in [0.25, 0.3) is 11.4 Å². The Bertz CT molecular complexity index is 1350. The maximum atomic E-state index is 11.4. The highest BCUT2D eigenvalue weighted by Crippen LogP contribution is 2.30. The number of carbonyl (C=O) groups is 1. The van der Waals surface area contributed by atoms with Crippen molar-refractivity contribution in [1.29, 1.82) is 0 Å². The number of hydrogen-bond donors (Lipinski definition) is 1. The summed E-state index contributed by atoms with van der Waals surface area (Å²) in [4.78, 5) is 17.7. The van der Waals surface area contributed by atoms with Gasteiger partial charge >= 0.3 is 5.97 Å². The first-order chi connectivity index (χ1) is 17.5. The van der Waals surface area contributed by atoms with Crippen molar-refractivity contribution in [3.8, 4) is 17.1 Å². The molecule has 1 aliphatic rings. The molecule has 186 valence electrons. The molecule has 0 aliphatic heterocycles. The van der Waals surface area contributed by atoms with E-state index in [9.17, 15) is 9.90 Å². The van der Waals surface area contributed by atoms with Gasteiger partial charge in [0, 0.05) is 7.05 Å². The Hall–Kier alpha value is -4.15. The molecule has 3 heterocycles. The van der Waals surface area contributed by atoms with Crippen molar-refractivity contribution in [1.82, 2.24) is 40.2 Å². The monoisotopic (exact) mass is 488 g/mol. The molecule has 0 unspecified atom stereocenters. The first-order valence-corrected chi connectivity index (χ1v) is 12.0.